The van der Waals surface area contributed by atoms with Crippen molar-refractivity contribution in [3.05, 3.63) is 213 Å². The topological polar surface area (TPSA) is 0 Å². The largest absolute Gasteiger partial charge is 0.103 e. The van der Waals surface area contributed by atoms with Crippen molar-refractivity contribution in [3.8, 4) is 0 Å². The first-order valence-electron chi connectivity index (χ1n) is 41.4. The summed E-state index contributed by atoms with van der Waals surface area (Å²) in [6.45, 7) is 106. The van der Waals surface area contributed by atoms with E-state index in [4.69, 9.17) is 0 Å². The van der Waals surface area contributed by atoms with Crippen LogP contribution in [0.25, 0.3) is 0 Å². The molecular weight excluding hydrogens is 1290 g/mol. The molecule has 0 aliphatic heterocycles. The molecule has 0 aromatic heterocycles. The smallest absolute Gasteiger partial charge is 0.0701 e. The monoisotopic (exact) mass is 1440 g/mol. The van der Waals surface area contributed by atoms with Crippen molar-refractivity contribution in [2.45, 2.75) is 334 Å². The molecule has 0 radical (unpaired) electrons. The molecular formula is C100H150Si3. The molecule has 12 aliphatic rings. The summed E-state index contributed by atoms with van der Waals surface area (Å²) >= 11 is 0. The lowest BCUT2D eigenvalue weighted by molar-refractivity contribution is 0.468. The van der Waals surface area contributed by atoms with Gasteiger partial charge in [0.25, 0.3) is 0 Å². The van der Waals surface area contributed by atoms with E-state index in [-0.39, 0.29) is 0 Å². The maximum atomic E-state index is 4.37. The second-order valence-electron chi connectivity index (χ2n) is 38.9. The summed E-state index contributed by atoms with van der Waals surface area (Å²) in [7, 11) is -5.43. The van der Waals surface area contributed by atoms with E-state index in [9.17, 15) is 0 Å². The molecule has 0 N–H and O–H groups in total. The first kappa shape index (κ1) is 81.2. The summed E-state index contributed by atoms with van der Waals surface area (Å²) in [4.78, 5) is 0. The van der Waals surface area contributed by atoms with Crippen molar-refractivity contribution >= 4 is 24.2 Å². The van der Waals surface area contributed by atoms with E-state index in [1.54, 1.807) is 189 Å². The Hall–Kier alpha value is -4.29. The number of hydrogen-bond donors (Lipinski definition) is 0. The minimum Gasteiger partial charge on any atom is -0.103 e. The Morgan fingerprint density at radius 2 is 0.369 bits per heavy atom. The van der Waals surface area contributed by atoms with Gasteiger partial charge in [0.1, 0.15) is 0 Å². The fraction of sp³-hybridized carbons (Fsp3) is 0.620. The Kier molecular flexibility index (Phi) is 22.3. The zero-order chi connectivity index (χ0) is 77.5. The quantitative estimate of drug-likeness (QED) is 0.151. The van der Waals surface area contributed by atoms with Crippen LogP contribution >= 0.6 is 0 Å². The van der Waals surface area contributed by atoms with Crippen molar-refractivity contribution in [3.63, 3.8) is 0 Å². The van der Waals surface area contributed by atoms with Crippen molar-refractivity contribution in [2.75, 3.05) is 0 Å². The van der Waals surface area contributed by atoms with E-state index < -0.39 is 24.2 Å². The molecule has 12 aliphatic carbocycles. The van der Waals surface area contributed by atoms with Crippen molar-refractivity contribution < 1.29 is 0 Å². The molecule has 0 fully saturated rings. The van der Waals surface area contributed by atoms with Crippen molar-refractivity contribution in [2.24, 2.45) is 71.0 Å². The molecule has 0 nitrogen and oxygen atoms in total. The highest BCUT2D eigenvalue weighted by molar-refractivity contribution is 6.84. The zero-order valence-electron chi connectivity index (χ0n) is 74.3. The molecule has 103 heavy (non-hydrogen) atoms. The van der Waals surface area contributed by atoms with E-state index in [0.717, 1.165) is 22.2 Å². The van der Waals surface area contributed by atoms with Gasteiger partial charge in [0, 0.05) is 35.5 Å². The highest BCUT2D eigenvalue weighted by atomic mass is 28.3. The number of fused-ring (bicyclic) bond motifs is 6. The van der Waals surface area contributed by atoms with Crippen molar-refractivity contribution in [1.82, 2.24) is 0 Å². The second-order valence-corrected chi connectivity index (χ2v) is 53.2. The Morgan fingerprint density at radius 1 is 0.214 bits per heavy atom. The Morgan fingerprint density at radius 3 is 0.544 bits per heavy atom. The summed E-state index contributed by atoms with van der Waals surface area (Å²) in [6.07, 6.45) is 3.61. The fourth-order valence-electron chi connectivity index (χ4n) is 28.0. The van der Waals surface area contributed by atoms with Crippen LogP contribution in [-0.2, 0) is 0 Å². The zero-order valence-corrected chi connectivity index (χ0v) is 77.3. The normalized spacial score (nSPS) is 35.4. The third-order valence-corrected chi connectivity index (χ3v) is 52.1. The van der Waals surface area contributed by atoms with Gasteiger partial charge in [-0.2, -0.15) is 0 Å². The van der Waals surface area contributed by atoms with Crippen LogP contribution in [0.15, 0.2) is 213 Å². The van der Waals surface area contributed by atoms with Crippen LogP contribution in [0, 0.1) is 71.0 Å². The standard InChI is InChI=1S/C34H52Si.C34H50Si.C32H48Si/c2*1-15-16-35(14,33-27(12)25(10)29-21(6)17(2)19(4)23(8)31(29)33)34-28(13)26(11)30-22(7)18(3)20(5)24(9)32(30)34;1-15-17(3)21(7)29-27(19(15)5)23(9)25(11)31(29)33(13,14)32-26(12)24(10)28-20(6)16(2)18(4)22(8)30(28)32/h29-34H,15-16H2,1-14H3;15,29-34H,1,16H2,2-14H3;27-32H,1-14H3/t2*29?,30?,31?,32?,33-,34+,35?;27?,28?,29?,30?,31-,32+. The molecule has 0 aromatic carbocycles. The van der Waals surface area contributed by atoms with Gasteiger partial charge < -0.3 is 0 Å². The van der Waals surface area contributed by atoms with Gasteiger partial charge in [0.2, 0.25) is 0 Å². The molecule has 0 spiro atoms. The molecule has 0 amide bonds. The predicted octanol–water partition coefficient (Wildman–Crippen LogP) is 31.3. The number of allylic oxidation sites excluding steroid dienone is 37. The molecule has 12 rings (SSSR count). The maximum Gasteiger partial charge on any atom is 0.0701 e. The molecule has 3 heteroatoms. The SMILES string of the molecule is C=CC[Si](C)([C@@H]1C(C)=C(C)C2C(C)=C(C)C(C)=C(C)C21)[C@H]1C(C)=C(C)C2C(C)=C(C)C(C)=C(C)C21.CC1=C(C)C2C(C)=C(C)[C@@H]([Si](C)(C)[C@H]3C(C)=C(C)C4C(C)=C(C)C(C)=C(C)C43)C2C(C)=C1C.CCC[Si](C)([C@@H]1C(C)=C(C)C2C(C)=C(C)C(C)=C(C)C21)[C@H]1C(C)=C(C)C2C(C)=C(C)C(C)=C(C)C21. The summed E-state index contributed by atoms with van der Waals surface area (Å²) < 4.78 is 0. The third kappa shape index (κ3) is 11.4. The molecule has 0 saturated carbocycles. The van der Waals surface area contributed by atoms with Crippen LogP contribution in [0.5, 0.6) is 0 Å². The van der Waals surface area contributed by atoms with Crippen molar-refractivity contribution in [1.29, 1.82) is 0 Å². The van der Waals surface area contributed by atoms with E-state index in [2.05, 4.69) is 295 Å². The predicted molar refractivity (Wildman–Crippen MR) is 466 cm³/mol. The average molecular weight is 1440 g/mol. The molecule has 0 heterocycles. The van der Waals surface area contributed by atoms with E-state index in [1.807, 2.05) is 0 Å². The highest BCUT2D eigenvalue weighted by Crippen LogP contribution is 2.72. The summed E-state index contributed by atoms with van der Waals surface area (Å²) in [5.74, 6) is 7.68. The molecule has 0 saturated heterocycles. The van der Waals surface area contributed by atoms with Gasteiger partial charge >= 0.3 is 0 Å². The summed E-state index contributed by atoms with van der Waals surface area (Å²) in [5, 5.41) is 0. The lowest BCUT2D eigenvalue weighted by atomic mass is 9.72. The van der Waals surface area contributed by atoms with Crippen LogP contribution in [0.4, 0.5) is 0 Å². The van der Waals surface area contributed by atoms with Gasteiger partial charge in [-0.15, -0.1) is 6.58 Å². The third-order valence-electron chi connectivity index (χ3n) is 35.7. The Bertz CT molecular complexity index is 4080. The Labute approximate surface area is 638 Å². The lowest BCUT2D eigenvalue weighted by Crippen LogP contribution is -2.48. The van der Waals surface area contributed by atoms with E-state index in [1.165, 1.54) is 29.7 Å². The van der Waals surface area contributed by atoms with Gasteiger partial charge in [-0.05, 0) is 391 Å². The molecule has 562 valence electrons. The minimum atomic E-state index is -1.90. The average Bonchev–Trinajstić information content (AvgIpc) is 1.56. The number of hydrogen-bond acceptors (Lipinski definition) is 0. The van der Waals surface area contributed by atoms with Gasteiger partial charge in [0.05, 0.1) is 24.2 Å². The van der Waals surface area contributed by atoms with Gasteiger partial charge in [-0.1, -0.05) is 185 Å². The lowest BCUT2D eigenvalue weighted by Gasteiger charge is -2.50. The molecule has 20 atom stereocenters. The van der Waals surface area contributed by atoms with Gasteiger partial charge in [0.15, 0.2) is 0 Å². The highest BCUT2D eigenvalue weighted by Gasteiger charge is 2.63. The van der Waals surface area contributed by atoms with Crippen LogP contribution in [0.1, 0.15) is 263 Å². The minimum absolute atomic E-state index is 0.594. The molecule has 14 unspecified atom stereocenters. The van der Waals surface area contributed by atoms with Crippen LogP contribution in [0.3, 0.4) is 0 Å². The molecule has 0 bridgehead atoms. The second kappa shape index (κ2) is 28.3. The first-order chi connectivity index (χ1) is 47.6. The van der Waals surface area contributed by atoms with Crippen LogP contribution in [-0.4, -0.2) is 24.2 Å². The van der Waals surface area contributed by atoms with E-state index in [0.29, 0.717) is 82.1 Å². The van der Waals surface area contributed by atoms with E-state index >= 15 is 0 Å². The van der Waals surface area contributed by atoms with Gasteiger partial charge in [-0.3, -0.25) is 0 Å². The first-order valence-corrected chi connectivity index (χ1v) is 50.3. The fourth-order valence-corrected chi connectivity index (χ4v) is 47.3. The van der Waals surface area contributed by atoms with Gasteiger partial charge in [-0.25, -0.2) is 0 Å². The van der Waals surface area contributed by atoms with Crippen LogP contribution < -0.4 is 0 Å². The molecule has 0 aromatic rings. The Balaban J connectivity index is 0.000000166. The summed E-state index contributed by atoms with van der Waals surface area (Å²) in [6, 6.07) is 2.64. The number of rotatable bonds is 10. The summed E-state index contributed by atoms with van der Waals surface area (Å²) in [5.41, 5.74) is 63.4. The maximum absolute atomic E-state index is 4.37. The van der Waals surface area contributed by atoms with Crippen LogP contribution in [0.2, 0.25) is 71.5 Å².